The zero-order valence-corrected chi connectivity index (χ0v) is 11.3. The molecule has 1 heterocycles. The van der Waals surface area contributed by atoms with Crippen LogP contribution >= 0.6 is 27.5 Å². The lowest BCUT2D eigenvalue weighted by Crippen LogP contribution is -2.00. The fourth-order valence-corrected chi connectivity index (χ4v) is 1.84. The second-order valence-electron chi connectivity index (χ2n) is 3.39. The Morgan fingerprint density at radius 1 is 1.33 bits per heavy atom. The SMILES string of the molecule is O=C(O)c1ccc(Cl)cc1Oc1cncc(Br)c1. The summed E-state index contributed by atoms with van der Waals surface area (Å²) in [5.41, 5.74) is 0.0411. The van der Waals surface area contributed by atoms with Crippen molar-refractivity contribution in [1.29, 1.82) is 0 Å². The van der Waals surface area contributed by atoms with Crippen LogP contribution < -0.4 is 4.74 Å². The molecule has 0 bridgehead atoms. The molecule has 4 nitrogen and oxygen atoms in total. The molecule has 0 aliphatic carbocycles. The predicted octanol–water partition coefficient (Wildman–Crippen LogP) is 3.99. The minimum Gasteiger partial charge on any atom is -0.478 e. The minimum absolute atomic E-state index is 0.0411. The molecule has 2 aromatic rings. The van der Waals surface area contributed by atoms with Gasteiger partial charge in [0.2, 0.25) is 0 Å². The largest absolute Gasteiger partial charge is 0.478 e. The molecule has 0 aliphatic rings. The van der Waals surface area contributed by atoms with Gasteiger partial charge in [0.05, 0.1) is 6.20 Å². The number of benzene rings is 1. The first kappa shape index (κ1) is 12.9. The highest BCUT2D eigenvalue weighted by molar-refractivity contribution is 9.10. The van der Waals surface area contributed by atoms with Crippen molar-refractivity contribution < 1.29 is 14.6 Å². The van der Waals surface area contributed by atoms with Crippen molar-refractivity contribution >= 4 is 33.5 Å². The highest BCUT2D eigenvalue weighted by atomic mass is 79.9. The summed E-state index contributed by atoms with van der Waals surface area (Å²) in [6, 6.07) is 6.02. The molecule has 0 atom stereocenters. The Morgan fingerprint density at radius 3 is 2.78 bits per heavy atom. The predicted molar refractivity (Wildman–Crippen MR) is 70.4 cm³/mol. The lowest BCUT2D eigenvalue weighted by molar-refractivity contribution is 0.0694. The molecule has 0 radical (unpaired) electrons. The van der Waals surface area contributed by atoms with E-state index in [-0.39, 0.29) is 11.3 Å². The molecule has 0 amide bonds. The third kappa shape index (κ3) is 3.00. The minimum atomic E-state index is -1.08. The van der Waals surface area contributed by atoms with Crippen LogP contribution in [-0.4, -0.2) is 16.1 Å². The molecule has 1 aromatic heterocycles. The van der Waals surface area contributed by atoms with Gasteiger partial charge in [-0.2, -0.15) is 0 Å². The van der Waals surface area contributed by atoms with Gasteiger partial charge in [0, 0.05) is 21.8 Å². The van der Waals surface area contributed by atoms with Crippen LogP contribution in [0.25, 0.3) is 0 Å². The number of nitrogens with zero attached hydrogens (tertiary/aromatic N) is 1. The van der Waals surface area contributed by atoms with Crippen molar-refractivity contribution in [3.63, 3.8) is 0 Å². The third-order valence-electron chi connectivity index (χ3n) is 2.08. The number of carboxylic acid groups (broad SMARTS) is 1. The quantitative estimate of drug-likeness (QED) is 0.925. The van der Waals surface area contributed by atoms with Crippen LogP contribution in [-0.2, 0) is 0 Å². The van der Waals surface area contributed by atoms with Gasteiger partial charge in [0.15, 0.2) is 0 Å². The Morgan fingerprint density at radius 2 is 2.11 bits per heavy atom. The van der Waals surface area contributed by atoms with Crippen molar-refractivity contribution in [2.45, 2.75) is 0 Å². The normalized spacial score (nSPS) is 10.1. The molecule has 0 saturated heterocycles. The van der Waals surface area contributed by atoms with Crippen LogP contribution in [0.5, 0.6) is 11.5 Å². The van der Waals surface area contributed by atoms with Gasteiger partial charge in [-0.15, -0.1) is 0 Å². The third-order valence-corrected chi connectivity index (χ3v) is 2.75. The van der Waals surface area contributed by atoms with Crippen LogP contribution in [0.4, 0.5) is 0 Å². The van der Waals surface area contributed by atoms with E-state index >= 15 is 0 Å². The number of aromatic carboxylic acids is 1. The summed E-state index contributed by atoms with van der Waals surface area (Å²) in [6.45, 7) is 0. The van der Waals surface area contributed by atoms with Crippen molar-refractivity contribution in [3.05, 3.63) is 51.7 Å². The number of rotatable bonds is 3. The Bertz CT molecular complexity index is 604. The van der Waals surface area contributed by atoms with Gasteiger partial charge < -0.3 is 9.84 Å². The Kier molecular flexibility index (Phi) is 3.84. The summed E-state index contributed by atoms with van der Waals surface area (Å²) >= 11 is 9.07. The molecule has 1 aromatic carbocycles. The number of carboxylic acids is 1. The lowest BCUT2D eigenvalue weighted by atomic mass is 10.2. The number of halogens is 2. The zero-order valence-electron chi connectivity index (χ0n) is 8.93. The van der Waals surface area contributed by atoms with Gasteiger partial charge in [-0.1, -0.05) is 11.6 Å². The molecule has 0 saturated carbocycles. The van der Waals surface area contributed by atoms with Gasteiger partial charge in [0.25, 0.3) is 0 Å². The van der Waals surface area contributed by atoms with Crippen molar-refractivity contribution in [2.24, 2.45) is 0 Å². The summed E-state index contributed by atoms with van der Waals surface area (Å²) in [4.78, 5) is 15.0. The van der Waals surface area contributed by atoms with Crippen LogP contribution in [0, 0.1) is 0 Å². The first-order valence-corrected chi connectivity index (χ1v) is 6.04. The van der Waals surface area contributed by atoms with E-state index in [1.54, 1.807) is 12.3 Å². The number of pyridine rings is 1. The first-order valence-electron chi connectivity index (χ1n) is 4.87. The summed E-state index contributed by atoms with van der Waals surface area (Å²) in [5, 5.41) is 9.44. The zero-order chi connectivity index (χ0) is 13.1. The summed E-state index contributed by atoms with van der Waals surface area (Å²) in [7, 11) is 0. The molecule has 1 N–H and O–H groups in total. The van der Waals surface area contributed by atoms with E-state index in [9.17, 15) is 4.79 Å². The number of aromatic nitrogens is 1. The Balaban J connectivity index is 2.39. The van der Waals surface area contributed by atoms with E-state index in [2.05, 4.69) is 20.9 Å². The standard InChI is InChI=1S/C12H7BrClNO3/c13-7-3-9(6-15-5-7)18-11-4-8(14)1-2-10(11)12(16)17/h1-6H,(H,16,17). The van der Waals surface area contributed by atoms with E-state index in [0.717, 1.165) is 4.47 Å². The fourth-order valence-electron chi connectivity index (χ4n) is 1.33. The number of hydrogen-bond acceptors (Lipinski definition) is 3. The monoisotopic (exact) mass is 327 g/mol. The van der Waals surface area contributed by atoms with Gasteiger partial charge >= 0.3 is 5.97 Å². The number of ether oxygens (including phenoxy) is 1. The molecular weight excluding hydrogens is 321 g/mol. The van der Waals surface area contributed by atoms with Crippen molar-refractivity contribution in [2.75, 3.05) is 0 Å². The maximum Gasteiger partial charge on any atom is 0.339 e. The van der Waals surface area contributed by atoms with E-state index in [0.29, 0.717) is 10.8 Å². The van der Waals surface area contributed by atoms with E-state index in [1.807, 2.05) is 0 Å². The van der Waals surface area contributed by atoms with Crippen LogP contribution in [0.1, 0.15) is 10.4 Å². The van der Waals surface area contributed by atoms with Crippen LogP contribution in [0.15, 0.2) is 41.1 Å². The van der Waals surface area contributed by atoms with Crippen molar-refractivity contribution in [3.8, 4) is 11.5 Å². The second kappa shape index (κ2) is 5.37. The highest BCUT2D eigenvalue weighted by Crippen LogP contribution is 2.29. The summed E-state index contributed by atoms with van der Waals surface area (Å²) in [5.74, 6) is -0.478. The molecular formula is C12H7BrClNO3. The lowest BCUT2D eigenvalue weighted by Gasteiger charge is -2.08. The topological polar surface area (TPSA) is 59.4 Å². The Labute approximate surface area is 116 Å². The first-order chi connectivity index (χ1) is 8.56. The summed E-state index contributed by atoms with van der Waals surface area (Å²) < 4.78 is 6.21. The molecule has 2 rings (SSSR count). The van der Waals surface area contributed by atoms with Crippen molar-refractivity contribution in [1.82, 2.24) is 4.98 Å². The van der Waals surface area contributed by atoms with Crippen LogP contribution in [0.2, 0.25) is 5.02 Å². The van der Waals surface area contributed by atoms with Gasteiger partial charge in [-0.25, -0.2) is 4.79 Å². The smallest absolute Gasteiger partial charge is 0.339 e. The number of carbonyl (C=O) groups is 1. The van der Waals surface area contributed by atoms with E-state index in [4.69, 9.17) is 21.4 Å². The fraction of sp³-hybridized carbons (Fsp3) is 0. The number of hydrogen-bond donors (Lipinski definition) is 1. The average Bonchev–Trinajstić information content (AvgIpc) is 2.28. The molecule has 0 fully saturated rings. The maximum atomic E-state index is 11.0. The molecule has 92 valence electrons. The second-order valence-corrected chi connectivity index (χ2v) is 4.74. The molecule has 0 spiro atoms. The molecule has 18 heavy (non-hydrogen) atoms. The van der Waals surface area contributed by atoms with E-state index in [1.165, 1.54) is 24.4 Å². The highest BCUT2D eigenvalue weighted by Gasteiger charge is 2.12. The van der Waals surface area contributed by atoms with Gasteiger partial charge in [-0.3, -0.25) is 4.98 Å². The van der Waals surface area contributed by atoms with E-state index < -0.39 is 5.97 Å². The summed E-state index contributed by atoms with van der Waals surface area (Å²) in [6.07, 6.45) is 3.08. The average molecular weight is 329 g/mol. The maximum absolute atomic E-state index is 11.0. The van der Waals surface area contributed by atoms with Gasteiger partial charge in [0.1, 0.15) is 17.1 Å². The van der Waals surface area contributed by atoms with Gasteiger partial charge in [-0.05, 0) is 34.1 Å². The Hall–Kier alpha value is -1.59. The molecule has 0 unspecified atom stereocenters. The molecule has 6 heteroatoms. The van der Waals surface area contributed by atoms with Crippen LogP contribution in [0.3, 0.4) is 0 Å². The molecule has 0 aliphatic heterocycles.